The van der Waals surface area contributed by atoms with Gasteiger partial charge >= 0.3 is 6.18 Å². The Bertz CT molecular complexity index is 1030. The van der Waals surface area contributed by atoms with Gasteiger partial charge in [0.15, 0.2) is 0 Å². The number of hydrogen-bond acceptors (Lipinski definition) is 4. The van der Waals surface area contributed by atoms with Crippen LogP contribution in [0.5, 0.6) is 5.75 Å². The Hall–Kier alpha value is -3.07. The SMILES string of the molecule is COc1ccc(C(=O)NCC(=O)NC2CN([C@H]3CC[C@@H](c4ccccc4)CC3)C2)cc1C(F)(F)F. The van der Waals surface area contributed by atoms with E-state index in [0.717, 1.165) is 58.0 Å². The van der Waals surface area contributed by atoms with Gasteiger partial charge in [-0.05, 0) is 55.4 Å². The van der Waals surface area contributed by atoms with Crippen LogP contribution in [0.2, 0.25) is 0 Å². The van der Waals surface area contributed by atoms with Gasteiger partial charge in [0.2, 0.25) is 5.91 Å². The number of amides is 2. The van der Waals surface area contributed by atoms with Crippen LogP contribution in [0.4, 0.5) is 13.2 Å². The zero-order valence-corrected chi connectivity index (χ0v) is 19.6. The van der Waals surface area contributed by atoms with Crippen LogP contribution in [0.15, 0.2) is 48.5 Å². The first-order chi connectivity index (χ1) is 16.7. The second-order valence-electron chi connectivity index (χ2n) is 9.23. The van der Waals surface area contributed by atoms with Crippen LogP contribution < -0.4 is 15.4 Å². The van der Waals surface area contributed by atoms with E-state index in [4.69, 9.17) is 4.74 Å². The number of methoxy groups -OCH3 is 1. The number of alkyl halides is 3. The van der Waals surface area contributed by atoms with E-state index < -0.39 is 17.6 Å². The lowest BCUT2D eigenvalue weighted by atomic mass is 9.80. The lowest BCUT2D eigenvalue weighted by Gasteiger charge is -2.46. The van der Waals surface area contributed by atoms with Crippen molar-refractivity contribution in [2.24, 2.45) is 0 Å². The minimum atomic E-state index is -4.66. The van der Waals surface area contributed by atoms with Gasteiger partial charge < -0.3 is 15.4 Å². The van der Waals surface area contributed by atoms with Crippen LogP contribution in [-0.4, -0.2) is 55.5 Å². The Balaban J connectivity index is 1.18. The number of carbonyl (C=O) groups excluding carboxylic acids is 2. The monoisotopic (exact) mass is 489 g/mol. The van der Waals surface area contributed by atoms with Crippen LogP contribution in [0, 0.1) is 0 Å². The van der Waals surface area contributed by atoms with Crippen LogP contribution in [-0.2, 0) is 11.0 Å². The summed E-state index contributed by atoms with van der Waals surface area (Å²) in [6.45, 7) is 1.24. The van der Waals surface area contributed by atoms with Gasteiger partial charge in [0.25, 0.3) is 5.91 Å². The Morgan fingerprint density at radius 2 is 1.71 bits per heavy atom. The third kappa shape index (κ3) is 6.14. The summed E-state index contributed by atoms with van der Waals surface area (Å²) in [5, 5.41) is 5.28. The average Bonchev–Trinajstić information content (AvgIpc) is 2.84. The van der Waals surface area contributed by atoms with Crippen LogP contribution in [0.1, 0.15) is 53.1 Å². The van der Waals surface area contributed by atoms with E-state index in [9.17, 15) is 22.8 Å². The van der Waals surface area contributed by atoms with E-state index in [1.165, 1.54) is 11.6 Å². The molecule has 2 N–H and O–H groups in total. The normalized spacial score (nSPS) is 21.1. The number of nitrogens with one attached hydrogen (secondary N) is 2. The quantitative estimate of drug-likeness (QED) is 0.618. The van der Waals surface area contributed by atoms with E-state index in [-0.39, 0.29) is 29.8 Å². The van der Waals surface area contributed by atoms with Crippen LogP contribution in [0.25, 0.3) is 0 Å². The Kier molecular flexibility index (Phi) is 7.64. The second kappa shape index (κ2) is 10.7. The van der Waals surface area contributed by atoms with Crippen molar-refractivity contribution in [1.82, 2.24) is 15.5 Å². The number of carbonyl (C=O) groups is 2. The Morgan fingerprint density at radius 3 is 2.34 bits per heavy atom. The van der Waals surface area contributed by atoms with Gasteiger partial charge in [-0.1, -0.05) is 30.3 Å². The van der Waals surface area contributed by atoms with Crippen molar-refractivity contribution in [3.8, 4) is 5.75 Å². The Morgan fingerprint density at radius 1 is 1.03 bits per heavy atom. The first-order valence-electron chi connectivity index (χ1n) is 11.9. The summed E-state index contributed by atoms with van der Waals surface area (Å²) in [7, 11) is 1.13. The molecule has 2 aromatic carbocycles. The standard InChI is InChI=1S/C26H30F3N3O3/c1-35-23-12-9-19(13-22(23)26(27,28)29)25(34)30-14-24(33)31-20-15-32(16-20)21-10-7-18(8-11-21)17-5-3-2-4-6-17/h2-6,9,12-13,18,20-21H,7-8,10-11,14-16H2,1H3,(H,30,34)(H,31,33)/t18-,21+. The molecule has 2 aliphatic rings. The highest BCUT2D eigenvalue weighted by molar-refractivity contribution is 5.96. The molecule has 1 saturated heterocycles. The third-order valence-corrected chi connectivity index (χ3v) is 6.94. The fourth-order valence-corrected chi connectivity index (χ4v) is 5.01. The molecule has 1 heterocycles. The first kappa shape index (κ1) is 25.0. The summed E-state index contributed by atoms with van der Waals surface area (Å²) in [5.41, 5.74) is 0.183. The molecule has 0 radical (unpaired) electrons. The maximum Gasteiger partial charge on any atom is 0.419 e. The van der Waals surface area contributed by atoms with E-state index in [1.54, 1.807) is 0 Å². The number of nitrogens with zero attached hydrogens (tertiary/aromatic N) is 1. The van der Waals surface area contributed by atoms with Crippen molar-refractivity contribution in [2.75, 3.05) is 26.7 Å². The van der Waals surface area contributed by atoms with Crippen molar-refractivity contribution in [2.45, 2.75) is 49.9 Å². The molecular weight excluding hydrogens is 459 g/mol. The van der Waals surface area contributed by atoms with E-state index in [2.05, 4.69) is 39.8 Å². The minimum absolute atomic E-state index is 0.0177. The Labute approximate surface area is 202 Å². The minimum Gasteiger partial charge on any atom is -0.496 e. The van der Waals surface area contributed by atoms with E-state index in [1.807, 2.05) is 6.07 Å². The summed E-state index contributed by atoms with van der Waals surface area (Å²) < 4.78 is 44.2. The average molecular weight is 490 g/mol. The molecule has 9 heteroatoms. The fraction of sp³-hybridized carbons (Fsp3) is 0.462. The summed E-state index contributed by atoms with van der Waals surface area (Å²) in [5.74, 6) is -0.861. The number of benzene rings is 2. The number of halogens is 3. The first-order valence-corrected chi connectivity index (χ1v) is 11.9. The van der Waals surface area contributed by atoms with Crippen molar-refractivity contribution in [3.63, 3.8) is 0 Å². The van der Waals surface area contributed by atoms with Gasteiger partial charge in [-0.25, -0.2) is 0 Å². The number of ether oxygens (including phenoxy) is 1. The zero-order chi connectivity index (χ0) is 25.0. The molecule has 0 unspecified atom stereocenters. The molecule has 0 aromatic heterocycles. The van der Waals surface area contributed by atoms with Gasteiger partial charge in [0.1, 0.15) is 5.75 Å². The molecule has 4 rings (SSSR count). The molecule has 2 fully saturated rings. The predicted octanol–water partition coefficient (Wildman–Crippen LogP) is 3.97. The maximum atomic E-state index is 13.2. The molecule has 2 amide bonds. The van der Waals surface area contributed by atoms with Crippen molar-refractivity contribution >= 4 is 11.8 Å². The molecule has 0 atom stereocenters. The number of hydrogen-bond donors (Lipinski definition) is 2. The van der Waals surface area contributed by atoms with Crippen LogP contribution in [0.3, 0.4) is 0 Å². The summed E-state index contributed by atoms with van der Waals surface area (Å²) in [6, 6.07) is 14.2. The van der Waals surface area contributed by atoms with Crippen molar-refractivity contribution in [1.29, 1.82) is 0 Å². The molecule has 0 bridgehead atoms. The largest absolute Gasteiger partial charge is 0.496 e. The van der Waals surface area contributed by atoms with Gasteiger partial charge in [0, 0.05) is 24.7 Å². The molecule has 2 aromatic rings. The molecule has 1 aliphatic carbocycles. The zero-order valence-electron chi connectivity index (χ0n) is 19.6. The third-order valence-electron chi connectivity index (χ3n) is 6.94. The smallest absolute Gasteiger partial charge is 0.419 e. The van der Waals surface area contributed by atoms with Crippen LogP contribution >= 0.6 is 0 Å². The van der Waals surface area contributed by atoms with Crippen molar-refractivity contribution in [3.05, 3.63) is 65.2 Å². The highest BCUT2D eigenvalue weighted by Crippen LogP contribution is 2.37. The summed E-state index contributed by atoms with van der Waals surface area (Å²) >= 11 is 0. The van der Waals surface area contributed by atoms with Gasteiger partial charge in [0.05, 0.1) is 25.3 Å². The number of likely N-dealkylation sites (tertiary alicyclic amines) is 1. The predicted molar refractivity (Wildman–Crippen MR) is 125 cm³/mol. The molecule has 0 spiro atoms. The van der Waals surface area contributed by atoms with E-state index >= 15 is 0 Å². The molecule has 1 saturated carbocycles. The molecule has 188 valence electrons. The highest BCUT2D eigenvalue weighted by Gasteiger charge is 2.36. The summed E-state index contributed by atoms with van der Waals surface area (Å²) in [6.07, 6.45) is -0.0582. The number of rotatable bonds is 7. The van der Waals surface area contributed by atoms with Gasteiger partial charge in [-0.15, -0.1) is 0 Å². The second-order valence-corrected chi connectivity index (χ2v) is 9.23. The topological polar surface area (TPSA) is 70.7 Å². The molecule has 6 nitrogen and oxygen atoms in total. The van der Waals surface area contributed by atoms with Gasteiger partial charge in [-0.2, -0.15) is 13.2 Å². The highest BCUT2D eigenvalue weighted by atomic mass is 19.4. The molecule has 1 aliphatic heterocycles. The van der Waals surface area contributed by atoms with Crippen molar-refractivity contribution < 1.29 is 27.5 Å². The fourth-order valence-electron chi connectivity index (χ4n) is 5.01. The molecular formula is C26H30F3N3O3. The van der Waals surface area contributed by atoms with E-state index in [0.29, 0.717) is 12.0 Å². The lowest BCUT2D eigenvalue weighted by Crippen LogP contribution is -2.63. The molecule has 35 heavy (non-hydrogen) atoms. The lowest BCUT2D eigenvalue weighted by molar-refractivity contribution is -0.138. The maximum absolute atomic E-state index is 13.2. The van der Waals surface area contributed by atoms with Gasteiger partial charge in [-0.3, -0.25) is 14.5 Å². The summed E-state index contributed by atoms with van der Waals surface area (Å²) in [4.78, 5) is 26.9.